The summed E-state index contributed by atoms with van der Waals surface area (Å²) >= 11 is 0. The Hall–Kier alpha value is -2.58. The number of sulfonamides is 1. The summed E-state index contributed by atoms with van der Waals surface area (Å²) in [4.78, 5) is 12.0. The van der Waals surface area contributed by atoms with Crippen LogP contribution >= 0.6 is 0 Å². The van der Waals surface area contributed by atoms with E-state index in [2.05, 4.69) is 0 Å². The number of nitrogens with zero attached hydrogens (tertiary/aromatic N) is 1. The van der Waals surface area contributed by atoms with Crippen LogP contribution in [0.15, 0.2) is 47.4 Å². The van der Waals surface area contributed by atoms with Gasteiger partial charge in [-0.15, -0.1) is 0 Å². The highest BCUT2D eigenvalue weighted by molar-refractivity contribution is 7.89. The minimum absolute atomic E-state index is 0.0650. The topological polar surface area (TPSA) is 93.1 Å². The molecule has 1 unspecified atom stereocenters. The maximum Gasteiger partial charge on any atom is 0.326 e. The van der Waals surface area contributed by atoms with Gasteiger partial charge in [0.15, 0.2) is 11.5 Å². The van der Waals surface area contributed by atoms with Gasteiger partial charge in [-0.25, -0.2) is 8.42 Å². The van der Waals surface area contributed by atoms with E-state index in [4.69, 9.17) is 9.47 Å². The Balaban J connectivity index is 2.13. The number of fused-ring (bicyclic) bond motifs is 1. The Morgan fingerprint density at radius 1 is 1.12 bits per heavy atom. The number of methoxy groups -OCH3 is 2. The summed E-state index contributed by atoms with van der Waals surface area (Å²) in [5, 5.41) is 9.78. The van der Waals surface area contributed by atoms with Gasteiger partial charge in [0.2, 0.25) is 10.0 Å². The van der Waals surface area contributed by atoms with Crippen molar-refractivity contribution in [1.82, 2.24) is 4.31 Å². The first kappa shape index (κ1) is 18.2. The quantitative estimate of drug-likeness (QED) is 0.858. The van der Waals surface area contributed by atoms with E-state index in [0.717, 1.165) is 9.87 Å². The molecule has 2 aromatic carbocycles. The molecule has 3 rings (SSSR count). The monoisotopic (exact) mass is 377 g/mol. The Kier molecular flexibility index (Phi) is 4.88. The summed E-state index contributed by atoms with van der Waals surface area (Å²) in [5.41, 5.74) is 1.12. The Morgan fingerprint density at radius 3 is 2.31 bits per heavy atom. The van der Waals surface area contributed by atoms with Crippen molar-refractivity contribution in [1.29, 1.82) is 0 Å². The third-order valence-electron chi connectivity index (χ3n) is 4.41. The first-order valence-electron chi connectivity index (χ1n) is 7.94. The van der Waals surface area contributed by atoms with E-state index in [-0.39, 0.29) is 11.4 Å². The summed E-state index contributed by atoms with van der Waals surface area (Å²) in [6.45, 7) is 0.0661. The van der Waals surface area contributed by atoms with E-state index >= 15 is 0 Å². The molecule has 0 aliphatic carbocycles. The first-order valence-corrected chi connectivity index (χ1v) is 9.38. The third kappa shape index (κ3) is 3.02. The van der Waals surface area contributed by atoms with Gasteiger partial charge in [0.25, 0.3) is 0 Å². The van der Waals surface area contributed by atoms with E-state index < -0.39 is 22.0 Å². The fraction of sp³-hybridized carbons (Fsp3) is 0.278. The molecule has 1 aliphatic heterocycles. The van der Waals surface area contributed by atoms with Crippen LogP contribution in [0.25, 0.3) is 0 Å². The lowest BCUT2D eigenvalue weighted by molar-refractivity contribution is -0.142. The summed E-state index contributed by atoms with van der Waals surface area (Å²) in [6, 6.07) is 9.75. The number of carboxylic acids is 1. The van der Waals surface area contributed by atoms with Crippen LogP contribution in [0.1, 0.15) is 17.2 Å². The maximum absolute atomic E-state index is 13.0. The number of carbonyl (C=O) groups is 1. The normalized spacial score (nSPS) is 17.4. The predicted octanol–water partition coefficient (Wildman–Crippen LogP) is 2.08. The zero-order valence-corrected chi connectivity index (χ0v) is 15.2. The van der Waals surface area contributed by atoms with Crippen LogP contribution in [0.5, 0.6) is 11.5 Å². The number of rotatable bonds is 5. The standard InChI is InChI=1S/C18H19NO6S/c1-24-15-10-12-8-9-19(26(22,23)13-6-4-3-5-7-13)17(18(20)21)14(12)11-16(15)25-2/h3-7,10-11,17H,8-9H2,1-2H3,(H,20,21). The number of hydrogen-bond acceptors (Lipinski definition) is 5. The molecule has 26 heavy (non-hydrogen) atoms. The second kappa shape index (κ2) is 6.97. The van der Waals surface area contributed by atoms with E-state index in [1.807, 2.05) is 0 Å². The minimum Gasteiger partial charge on any atom is -0.493 e. The van der Waals surface area contributed by atoms with Crippen molar-refractivity contribution in [2.24, 2.45) is 0 Å². The van der Waals surface area contributed by atoms with Crippen molar-refractivity contribution >= 4 is 16.0 Å². The molecule has 0 radical (unpaired) electrons. The number of benzene rings is 2. The molecular weight excluding hydrogens is 358 g/mol. The lowest BCUT2D eigenvalue weighted by Crippen LogP contribution is -2.43. The summed E-state index contributed by atoms with van der Waals surface area (Å²) in [7, 11) is -1.01. The van der Waals surface area contributed by atoms with Gasteiger partial charge in [-0.3, -0.25) is 4.79 Å². The average Bonchev–Trinajstić information content (AvgIpc) is 2.66. The molecule has 0 bridgehead atoms. The molecule has 2 aromatic rings. The molecule has 0 saturated heterocycles. The molecule has 1 N–H and O–H groups in total. The van der Waals surface area contributed by atoms with Crippen molar-refractivity contribution in [2.45, 2.75) is 17.4 Å². The average molecular weight is 377 g/mol. The van der Waals surface area contributed by atoms with Crippen molar-refractivity contribution in [3.63, 3.8) is 0 Å². The van der Waals surface area contributed by atoms with Gasteiger partial charge in [-0.2, -0.15) is 4.31 Å². The van der Waals surface area contributed by atoms with Gasteiger partial charge in [0, 0.05) is 6.54 Å². The molecule has 0 saturated carbocycles. The van der Waals surface area contributed by atoms with Crippen LogP contribution in [-0.2, 0) is 21.2 Å². The molecule has 8 heteroatoms. The Labute approximate surface area is 151 Å². The lowest BCUT2D eigenvalue weighted by Gasteiger charge is -2.34. The molecule has 0 fully saturated rings. The van der Waals surface area contributed by atoms with Gasteiger partial charge >= 0.3 is 5.97 Å². The fourth-order valence-corrected chi connectivity index (χ4v) is 4.75. The lowest BCUT2D eigenvalue weighted by atomic mass is 9.93. The predicted molar refractivity (Wildman–Crippen MR) is 94.0 cm³/mol. The Morgan fingerprint density at radius 2 is 1.73 bits per heavy atom. The summed E-state index contributed by atoms with van der Waals surface area (Å²) < 4.78 is 37.5. The SMILES string of the molecule is COc1cc2c(cc1OC)C(C(=O)O)N(S(=O)(=O)c1ccccc1)CC2. The largest absolute Gasteiger partial charge is 0.493 e. The minimum atomic E-state index is -3.95. The maximum atomic E-state index is 13.0. The highest BCUT2D eigenvalue weighted by atomic mass is 32.2. The Bertz CT molecular complexity index is 926. The smallest absolute Gasteiger partial charge is 0.326 e. The van der Waals surface area contributed by atoms with Crippen molar-refractivity contribution < 1.29 is 27.8 Å². The summed E-state index contributed by atoms with van der Waals surface area (Å²) in [5.74, 6) is -0.399. The molecule has 0 amide bonds. The van der Waals surface area contributed by atoms with E-state index in [1.165, 1.54) is 26.4 Å². The molecular formula is C18H19NO6S. The van der Waals surface area contributed by atoms with Gasteiger partial charge < -0.3 is 14.6 Å². The second-order valence-corrected chi connectivity index (χ2v) is 7.72. The molecule has 138 valence electrons. The number of aliphatic carboxylic acids is 1. The first-order chi connectivity index (χ1) is 12.4. The van der Waals surface area contributed by atoms with Crippen molar-refractivity contribution in [3.05, 3.63) is 53.6 Å². The molecule has 1 atom stereocenters. The van der Waals surface area contributed by atoms with Gasteiger partial charge in [0.05, 0.1) is 19.1 Å². The van der Waals surface area contributed by atoms with Gasteiger partial charge in [-0.1, -0.05) is 18.2 Å². The zero-order chi connectivity index (χ0) is 18.9. The second-order valence-electron chi connectivity index (χ2n) is 5.83. The molecule has 7 nitrogen and oxygen atoms in total. The number of carboxylic acid groups (broad SMARTS) is 1. The fourth-order valence-electron chi connectivity index (χ4n) is 3.17. The molecule has 1 heterocycles. The van der Waals surface area contributed by atoms with Crippen LogP contribution in [0, 0.1) is 0 Å². The highest BCUT2D eigenvalue weighted by Gasteiger charge is 2.41. The number of hydrogen-bond donors (Lipinski definition) is 1. The number of ether oxygens (including phenoxy) is 2. The zero-order valence-electron chi connectivity index (χ0n) is 14.4. The molecule has 0 aromatic heterocycles. The van der Waals surface area contributed by atoms with Crippen LogP contribution in [0.3, 0.4) is 0 Å². The third-order valence-corrected chi connectivity index (χ3v) is 6.29. The van der Waals surface area contributed by atoms with Crippen LogP contribution in [0.4, 0.5) is 0 Å². The van der Waals surface area contributed by atoms with E-state index in [9.17, 15) is 18.3 Å². The van der Waals surface area contributed by atoms with E-state index in [1.54, 1.807) is 30.3 Å². The molecule has 1 aliphatic rings. The summed E-state index contributed by atoms with van der Waals surface area (Å²) in [6.07, 6.45) is 0.380. The van der Waals surface area contributed by atoms with Crippen LogP contribution in [0.2, 0.25) is 0 Å². The van der Waals surface area contributed by atoms with Crippen molar-refractivity contribution in [2.75, 3.05) is 20.8 Å². The highest BCUT2D eigenvalue weighted by Crippen LogP contribution is 2.40. The van der Waals surface area contributed by atoms with Gasteiger partial charge in [-0.05, 0) is 41.8 Å². The van der Waals surface area contributed by atoms with E-state index in [0.29, 0.717) is 23.5 Å². The van der Waals surface area contributed by atoms with Crippen molar-refractivity contribution in [3.8, 4) is 11.5 Å². The van der Waals surface area contributed by atoms with Crippen LogP contribution < -0.4 is 9.47 Å². The van der Waals surface area contributed by atoms with Crippen LogP contribution in [-0.4, -0.2) is 44.6 Å². The van der Waals surface area contributed by atoms with Gasteiger partial charge in [0.1, 0.15) is 6.04 Å². The molecule has 0 spiro atoms.